The van der Waals surface area contributed by atoms with Gasteiger partial charge in [-0.05, 0) is 24.3 Å². The molecule has 3 heterocycles. The normalized spacial score (nSPS) is 10.7. The Morgan fingerprint density at radius 1 is 1.12 bits per heavy atom. The highest BCUT2D eigenvalue weighted by Crippen LogP contribution is 2.19. The molecule has 0 spiro atoms. The van der Waals surface area contributed by atoms with Crippen molar-refractivity contribution in [3.8, 4) is 0 Å². The summed E-state index contributed by atoms with van der Waals surface area (Å²) in [4.78, 5) is 28.3. The second-order valence-electron chi connectivity index (χ2n) is 5.26. The van der Waals surface area contributed by atoms with Gasteiger partial charge < -0.3 is 15.6 Å². The lowest BCUT2D eigenvalue weighted by molar-refractivity contribution is 0.0946. The molecule has 7 nitrogen and oxygen atoms in total. The van der Waals surface area contributed by atoms with E-state index in [9.17, 15) is 4.79 Å². The molecule has 0 aliphatic rings. The molecule has 3 N–H and O–H groups in total. The van der Waals surface area contributed by atoms with Crippen molar-refractivity contribution in [2.45, 2.75) is 6.54 Å². The molecule has 0 atom stereocenters. The number of benzene rings is 1. The molecule has 124 valence electrons. The molecule has 0 fully saturated rings. The maximum absolute atomic E-state index is 12.2. The van der Waals surface area contributed by atoms with E-state index in [0.29, 0.717) is 29.0 Å². The summed E-state index contributed by atoms with van der Waals surface area (Å²) < 4.78 is 0. The first kappa shape index (κ1) is 15.3. The average molecular weight is 350 g/mol. The average Bonchev–Trinajstić information content (AvgIpc) is 3.27. The summed E-state index contributed by atoms with van der Waals surface area (Å²) in [7, 11) is 0. The van der Waals surface area contributed by atoms with Crippen molar-refractivity contribution in [2.75, 3.05) is 5.32 Å². The number of carbonyl (C=O) groups is 1. The number of aromatic amines is 1. The van der Waals surface area contributed by atoms with Crippen molar-refractivity contribution in [2.24, 2.45) is 0 Å². The summed E-state index contributed by atoms with van der Waals surface area (Å²) >= 11 is 1.35. The number of pyridine rings is 1. The molecule has 3 aromatic heterocycles. The number of anilines is 2. The van der Waals surface area contributed by atoms with Gasteiger partial charge in [0.05, 0.1) is 17.6 Å². The third-order valence-electron chi connectivity index (χ3n) is 3.49. The van der Waals surface area contributed by atoms with E-state index >= 15 is 0 Å². The van der Waals surface area contributed by atoms with E-state index in [2.05, 4.69) is 30.6 Å². The molecule has 0 unspecified atom stereocenters. The number of imidazole rings is 1. The fraction of sp³-hybridized carbons (Fsp3) is 0.0588. The van der Waals surface area contributed by atoms with Gasteiger partial charge in [-0.2, -0.15) is 0 Å². The van der Waals surface area contributed by atoms with Gasteiger partial charge in [0.25, 0.3) is 5.91 Å². The largest absolute Gasteiger partial charge is 0.343 e. The van der Waals surface area contributed by atoms with E-state index in [1.54, 1.807) is 11.6 Å². The summed E-state index contributed by atoms with van der Waals surface area (Å²) in [5.74, 6) is 1.15. The van der Waals surface area contributed by atoms with Crippen molar-refractivity contribution in [1.82, 2.24) is 25.3 Å². The van der Waals surface area contributed by atoms with Gasteiger partial charge in [-0.3, -0.25) is 4.79 Å². The lowest BCUT2D eigenvalue weighted by Gasteiger charge is -2.01. The number of H-pyrrole nitrogens is 1. The lowest BCUT2D eigenvalue weighted by atomic mass is 10.3. The van der Waals surface area contributed by atoms with Gasteiger partial charge in [0.2, 0.25) is 0 Å². The van der Waals surface area contributed by atoms with Crippen LogP contribution in [0, 0.1) is 0 Å². The number of carbonyl (C=O) groups excluding carboxylic acids is 1. The molecule has 0 aliphatic heterocycles. The van der Waals surface area contributed by atoms with Crippen molar-refractivity contribution >= 4 is 39.2 Å². The molecule has 25 heavy (non-hydrogen) atoms. The molecule has 8 heteroatoms. The van der Waals surface area contributed by atoms with Crippen LogP contribution in [-0.4, -0.2) is 25.8 Å². The van der Waals surface area contributed by atoms with Crippen molar-refractivity contribution < 1.29 is 4.79 Å². The maximum Gasteiger partial charge on any atom is 0.271 e. The number of nitrogens with zero attached hydrogens (tertiary/aromatic N) is 3. The second kappa shape index (κ2) is 6.70. The van der Waals surface area contributed by atoms with Crippen LogP contribution >= 0.6 is 11.3 Å². The van der Waals surface area contributed by atoms with Gasteiger partial charge >= 0.3 is 0 Å². The van der Waals surface area contributed by atoms with E-state index in [1.165, 1.54) is 11.3 Å². The van der Waals surface area contributed by atoms with Gasteiger partial charge in [-0.15, -0.1) is 11.3 Å². The van der Waals surface area contributed by atoms with E-state index in [1.807, 2.05) is 42.5 Å². The number of fused-ring (bicyclic) bond motifs is 1. The molecule has 1 amide bonds. The van der Waals surface area contributed by atoms with E-state index in [4.69, 9.17) is 0 Å². The van der Waals surface area contributed by atoms with Crippen LogP contribution < -0.4 is 10.6 Å². The van der Waals surface area contributed by atoms with Crippen molar-refractivity contribution in [1.29, 1.82) is 0 Å². The Morgan fingerprint density at radius 3 is 2.84 bits per heavy atom. The number of amides is 1. The topological polar surface area (TPSA) is 95.6 Å². The molecule has 0 bridgehead atoms. The number of hydrogen-bond acceptors (Lipinski definition) is 6. The minimum Gasteiger partial charge on any atom is -0.343 e. The molecule has 4 aromatic rings. The molecule has 0 radical (unpaired) electrons. The van der Waals surface area contributed by atoms with Gasteiger partial charge in [0, 0.05) is 11.6 Å². The molecule has 4 rings (SSSR count). The quantitative estimate of drug-likeness (QED) is 0.514. The van der Waals surface area contributed by atoms with E-state index in [0.717, 1.165) is 11.0 Å². The van der Waals surface area contributed by atoms with E-state index < -0.39 is 0 Å². The molecular formula is C17H14N6OS. The van der Waals surface area contributed by atoms with Crippen LogP contribution in [0.5, 0.6) is 0 Å². The standard InChI is InChI=1S/C17H14N6OS/c24-16(19-9-15-20-11-5-1-2-6-12(11)21-15)13-10-25-17(22-13)23-14-7-3-4-8-18-14/h1-8,10H,9H2,(H,19,24)(H,20,21)(H,18,22,23). The first-order valence-electron chi connectivity index (χ1n) is 7.63. The highest BCUT2D eigenvalue weighted by Gasteiger charge is 2.12. The molecular weight excluding hydrogens is 336 g/mol. The fourth-order valence-electron chi connectivity index (χ4n) is 2.33. The Balaban J connectivity index is 1.39. The third kappa shape index (κ3) is 3.48. The summed E-state index contributed by atoms with van der Waals surface area (Å²) in [6.45, 7) is 0.314. The Kier molecular flexibility index (Phi) is 4.09. The zero-order chi connectivity index (χ0) is 17.1. The summed E-state index contributed by atoms with van der Waals surface area (Å²) in [6.07, 6.45) is 1.69. The summed E-state index contributed by atoms with van der Waals surface area (Å²) in [5, 5.41) is 8.22. The Bertz CT molecular complexity index is 977. The molecule has 0 saturated heterocycles. The van der Waals surface area contributed by atoms with Crippen LogP contribution in [-0.2, 0) is 6.54 Å². The number of para-hydroxylation sites is 2. The van der Waals surface area contributed by atoms with E-state index in [-0.39, 0.29) is 5.91 Å². The number of hydrogen-bond donors (Lipinski definition) is 3. The first-order valence-corrected chi connectivity index (χ1v) is 8.51. The van der Waals surface area contributed by atoms with Crippen LogP contribution in [0.15, 0.2) is 54.0 Å². The van der Waals surface area contributed by atoms with Gasteiger partial charge in [0.15, 0.2) is 5.13 Å². The smallest absolute Gasteiger partial charge is 0.271 e. The Hall–Kier alpha value is -3.26. The summed E-state index contributed by atoms with van der Waals surface area (Å²) in [5.41, 5.74) is 2.18. The Morgan fingerprint density at radius 2 is 2.00 bits per heavy atom. The van der Waals surface area contributed by atoms with Crippen LogP contribution in [0.3, 0.4) is 0 Å². The number of thiazole rings is 1. The zero-order valence-corrected chi connectivity index (χ0v) is 13.9. The fourth-order valence-corrected chi connectivity index (χ4v) is 3.02. The van der Waals surface area contributed by atoms with Crippen LogP contribution in [0.25, 0.3) is 11.0 Å². The second-order valence-corrected chi connectivity index (χ2v) is 6.12. The number of nitrogens with one attached hydrogen (secondary N) is 3. The highest BCUT2D eigenvalue weighted by atomic mass is 32.1. The minimum atomic E-state index is -0.245. The van der Waals surface area contributed by atoms with Crippen LogP contribution in [0.2, 0.25) is 0 Å². The predicted molar refractivity (Wildman–Crippen MR) is 96.9 cm³/mol. The van der Waals surface area contributed by atoms with Crippen LogP contribution in [0.1, 0.15) is 16.3 Å². The SMILES string of the molecule is O=C(NCc1nc2ccccc2[nH]1)c1csc(Nc2ccccn2)n1. The lowest BCUT2D eigenvalue weighted by Crippen LogP contribution is -2.23. The third-order valence-corrected chi connectivity index (χ3v) is 4.25. The van der Waals surface area contributed by atoms with Gasteiger partial charge in [0.1, 0.15) is 17.3 Å². The number of aromatic nitrogens is 4. The molecule has 0 saturated carbocycles. The van der Waals surface area contributed by atoms with Crippen molar-refractivity contribution in [3.05, 3.63) is 65.6 Å². The molecule has 0 aliphatic carbocycles. The molecule has 1 aromatic carbocycles. The van der Waals surface area contributed by atoms with Gasteiger partial charge in [-0.25, -0.2) is 15.0 Å². The predicted octanol–water partition coefficient (Wildman–Crippen LogP) is 3.09. The zero-order valence-electron chi connectivity index (χ0n) is 13.1. The minimum absolute atomic E-state index is 0.245. The summed E-state index contributed by atoms with van der Waals surface area (Å²) in [6, 6.07) is 13.3. The monoisotopic (exact) mass is 350 g/mol. The number of rotatable bonds is 5. The van der Waals surface area contributed by atoms with Crippen molar-refractivity contribution in [3.63, 3.8) is 0 Å². The van der Waals surface area contributed by atoms with Crippen LogP contribution in [0.4, 0.5) is 10.9 Å². The highest BCUT2D eigenvalue weighted by molar-refractivity contribution is 7.14. The maximum atomic E-state index is 12.2. The first-order chi connectivity index (χ1) is 12.3. The Labute approximate surface area is 147 Å². The van der Waals surface area contributed by atoms with Gasteiger partial charge in [-0.1, -0.05) is 18.2 Å².